The van der Waals surface area contributed by atoms with Crippen molar-refractivity contribution in [2.75, 3.05) is 0 Å². The van der Waals surface area contributed by atoms with Crippen LogP contribution in [-0.2, 0) is 6.61 Å². The SMILES string of the molecule is Clc1nccc(OCc2cccs2)n1. The summed E-state index contributed by atoms with van der Waals surface area (Å²) in [5, 5.41) is 2.21. The molecule has 0 unspecified atom stereocenters. The fourth-order valence-corrected chi connectivity index (χ4v) is 1.70. The first-order valence-electron chi connectivity index (χ1n) is 3.98. The van der Waals surface area contributed by atoms with Crippen LogP contribution < -0.4 is 4.74 Å². The third-order valence-corrected chi connectivity index (χ3v) is 2.58. The quantitative estimate of drug-likeness (QED) is 0.755. The fraction of sp³-hybridized carbons (Fsp3) is 0.111. The fourth-order valence-electron chi connectivity index (χ4n) is 0.940. The first kappa shape index (κ1) is 9.43. The summed E-state index contributed by atoms with van der Waals surface area (Å²) < 4.78 is 5.41. The number of thiophene rings is 1. The van der Waals surface area contributed by atoms with Gasteiger partial charge >= 0.3 is 0 Å². The van der Waals surface area contributed by atoms with E-state index in [2.05, 4.69) is 9.97 Å². The standard InChI is InChI=1S/C9H7ClN2OS/c10-9-11-4-3-8(12-9)13-6-7-2-1-5-14-7/h1-5H,6H2. The van der Waals surface area contributed by atoms with Crippen molar-refractivity contribution in [1.82, 2.24) is 9.97 Å². The van der Waals surface area contributed by atoms with E-state index in [-0.39, 0.29) is 5.28 Å². The van der Waals surface area contributed by atoms with E-state index in [1.807, 2.05) is 17.5 Å². The van der Waals surface area contributed by atoms with E-state index in [9.17, 15) is 0 Å². The molecule has 0 bridgehead atoms. The van der Waals surface area contributed by atoms with Gasteiger partial charge in [0.2, 0.25) is 11.2 Å². The van der Waals surface area contributed by atoms with E-state index in [0.29, 0.717) is 12.5 Å². The summed E-state index contributed by atoms with van der Waals surface area (Å²) in [5.74, 6) is 0.499. The highest BCUT2D eigenvalue weighted by Crippen LogP contribution is 2.13. The number of nitrogens with zero attached hydrogens (tertiary/aromatic N) is 2. The van der Waals surface area contributed by atoms with Crippen LogP contribution in [0.15, 0.2) is 29.8 Å². The molecule has 0 N–H and O–H groups in total. The molecule has 0 fully saturated rings. The normalized spacial score (nSPS) is 10.1. The van der Waals surface area contributed by atoms with Crippen LogP contribution in [0, 0.1) is 0 Å². The van der Waals surface area contributed by atoms with Crippen LogP contribution in [0.4, 0.5) is 0 Å². The summed E-state index contributed by atoms with van der Waals surface area (Å²) in [7, 11) is 0. The number of halogens is 1. The Morgan fingerprint density at radius 3 is 3.07 bits per heavy atom. The van der Waals surface area contributed by atoms with E-state index in [4.69, 9.17) is 16.3 Å². The maximum absolute atomic E-state index is 5.61. The smallest absolute Gasteiger partial charge is 0.225 e. The summed E-state index contributed by atoms with van der Waals surface area (Å²) >= 11 is 7.25. The Morgan fingerprint density at radius 1 is 1.43 bits per heavy atom. The molecular formula is C9H7ClN2OS. The highest BCUT2D eigenvalue weighted by molar-refractivity contribution is 7.09. The Balaban J connectivity index is 1.98. The van der Waals surface area contributed by atoms with Gasteiger partial charge in [-0.25, -0.2) is 4.98 Å². The first-order chi connectivity index (χ1) is 6.84. The van der Waals surface area contributed by atoms with E-state index >= 15 is 0 Å². The van der Waals surface area contributed by atoms with Crippen LogP contribution in [0.5, 0.6) is 5.88 Å². The van der Waals surface area contributed by atoms with Gasteiger partial charge in [-0.15, -0.1) is 11.3 Å². The predicted molar refractivity (Wildman–Crippen MR) is 55.7 cm³/mol. The Hall–Kier alpha value is -1.13. The lowest BCUT2D eigenvalue weighted by Crippen LogP contribution is -1.95. The molecule has 0 aliphatic carbocycles. The van der Waals surface area contributed by atoms with Gasteiger partial charge in [0.15, 0.2) is 0 Å². The van der Waals surface area contributed by atoms with Crippen LogP contribution in [-0.4, -0.2) is 9.97 Å². The third kappa shape index (κ3) is 2.43. The molecule has 5 heteroatoms. The van der Waals surface area contributed by atoms with E-state index < -0.39 is 0 Å². The van der Waals surface area contributed by atoms with Crippen molar-refractivity contribution in [2.45, 2.75) is 6.61 Å². The van der Waals surface area contributed by atoms with Gasteiger partial charge in [-0.1, -0.05) is 6.07 Å². The molecule has 0 aromatic carbocycles. The van der Waals surface area contributed by atoms with Crippen LogP contribution in [0.25, 0.3) is 0 Å². The van der Waals surface area contributed by atoms with Gasteiger partial charge in [0.25, 0.3) is 0 Å². The van der Waals surface area contributed by atoms with Gasteiger partial charge in [-0.3, -0.25) is 0 Å². The molecule has 2 rings (SSSR count). The lowest BCUT2D eigenvalue weighted by Gasteiger charge is -2.02. The minimum Gasteiger partial charge on any atom is -0.472 e. The number of ether oxygens (including phenoxy) is 1. The second kappa shape index (κ2) is 4.39. The first-order valence-corrected chi connectivity index (χ1v) is 5.24. The molecule has 0 saturated heterocycles. The highest BCUT2D eigenvalue weighted by Gasteiger charge is 1.98. The number of hydrogen-bond donors (Lipinski definition) is 0. The van der Waals surface area contributed by atoms with Gasteiger partial charge in [0.05, 0.1) is 0 Å². The summed E-state index contributed by atoms with van der Waals surface area (Å²) in [4.78, 5) is 8.82. The zero-order valence-corrected chi connectivity index (χ0v) is 8.76. The molecule has 2 aromatic heterocycles. The number of aromatic nitrogens is 2. The molecule has 0 aliphatic heterocycles. The lowest BCUT2D eigenvalue weighted by atomic mass is 10.5. The Labute approximate surface area is 90.3 Å². The van der Waals surface area contributed by atoms with Crippen molar-refractivity contribution in [2.24, 2.45) is 0 Å². The molecule has 2 heterocycles. The van der Waals surface area contributed by atoms with Crippen LogP contribution >= 0.6 is 22.9 Å². The molecule has 0 saturated carbocycles. The Morgan fingerprint density at radius 2 is 2.36 bits per heavy atom. The summed E-state index contributed by atoms with van der Waals surface area (Å²) in [5.41, 5.74) is 0. The van der Waals surface area contributed by atoms with E-state index in [0.717, 1.165) is 4.88 Å². The monoisotopic (exact) mass is 226 g/mol. The zero-order chi connectivity index (χ0) is 9.80. The second-order valence-corrected chi connectivity index (χ2v) is 3.90. The summed E-state index contributed by atoms with van der Waals surface area (Å²) in [6, 6.07) is 5.67. The highest BCUT2D eigenvalue weighted by atomic mass is 35.5. The maximum Gasteiger partial charge on any atom is 0.225 e. The minimum absolute atomic E-state index is 0.202. The van der Waals surface area contributed by atoms with Crippen molar-refractivity contribution in [3.8, 4) is 5.88 Å². The van der Waals surface area contributed by atoms with Gasteiger partial charge in [0, 0.05) is 17.1 Å². The van der Waals surface area contributed by atoms with Crippen LogP contribution in [0.3, 0.4) is 0 Å². The molecule has 0 radical (unpaired) electrons. The molecular weight excluding hydrogens is 220 g/mol. The molecule has 0 spiro atoms. The van der Waals surface area contributed by atoms with E-state index in [1.54, 1.807) is 23.6 Å². The van der Waals surface area contributed by atoms with Gasteiger partial charge < -0.3 is 4.74 Å². The van der Waals surface area contributed by atoms with Crippen molar-refractivity contribution >= 4 is 22.9 Å². The van der Waals surface area contributed by atoms with Crippen LogP contribution in [0.2, 0.25) is 5.28 Å². The van der Waals surface area contributed by atoms with Crippen molar-refractivity contribution in [1.29, 1.82) is 0 Å². The van der Waals surface area contributed by atoms with Crippen molar-refractivity contribution in [3.63, 3.8) is 0 Å². The van der Waals surface area contributed by atoms with Crippen molar-refractivity contribution in [3.05, 3.63) is 39.9 Å². The summed E-state index contributed by atoms with van der Waals surface area (Å²) in [6.45, 7) is 0.519. The Kier molecular flexibility index (Phi) is 2.96. The number of rotatable bonds is 3. The average molecular weight is 227 g/mol. The second-order valence-electron chi connectivity index (χ2n) is 2.53. The predicted octanol–water partition coefficient (Wildman–Crippen LogP) is 2.77. The Bertz CT molecular complexity index is 405. The van der Waals surface area contributed by atoms with Gasteiger partial charge in [-0.05, 0) is 23.0 Å². The molecule has 72 valence electrons. The zero-order valence-electron chi connectivity index (χ0n) is 7.18. The molecule has 14 heavy (non-hydrogen) atoms. The third-order valence-electron chi connectivity index (χ3n) is 1.54. The molecule has 2 aromatic rings. The average Bonchev–Trinajstić information content (AvgIpc) is 2.67. The summed E-state index contributed by atoms with van der Waals surface area (Å²) in [6.07, 6.45) is 1.57. The lowest BCUT2D eigenvalue weighted by molar-refractivity contribution is 0.296. The van der Waals surface area contributed by atoms with Gasteiger partial charge in [0.1, 0.15) is 6.61 Å². The van der Waals surface area contributed by atoms with Crippen LogP contribution in [0.1, 0.15) is 4.88 Å². The molecule has 0 aliphatic rings. The topological polar surface area (TPSA) is 35.0 Å². The van der Waals surface area contributed by atoms with E-state index in [1.165, 1.54) is 0 Å². The largest absolute Gasteiger partial charge is 0.472 e. The van der Waals surface area contributed by atoms with Crippen molar-refractivity contribution < 1.29 is 4.74 Å². The molecule has 0 amide bonds. The number of hydrogen-bond acceptors (Lipinski definition) is 4. The maximum atomic E-state index is 5.61. The molecule has 0 atom stereocenters. The molecule has 3 nitrogen and oxygen atoms in total. The minimum atomic E-state index is 0.202. The van der Waals surface area contributed by atoms with Gasteiger partial charge in [-0.2, -0.15) is 4.98 Å².